The molecule has 0 bridgehead atoms. The molecule has 0 aromatic carbocycles. The number of rotatable bonds is 2. The molecule has 0 saturated heterocycles. The zero-order valence-electron chi connectivity index (χ0n) is 4.96. The van der Waals surface area contributed by atoms with Gasteiger partial charge in [0.05, 0.1) is 0 Å². The van der Waals surface area contributed by atoms with Crippen LogP contribution in [-0.4, -0.2) is 17.4 Å². The predicted octanol–water partition coefficient (Wildman–Crippen LogP) is 0.440. The van der Waals surface area contributed by atoms with Gasteiger partial charge in [0.25, 0.3) is 0 Å². The van der Waals surface area contributed by atoms with Gasteiger partial charge in [-0.3, -0.25) is 4.79 Å². The Morgan fingerprint density at radius 3 is 2.11 bits per heavy atom. The lowest BCUT2D eigenvalue weighted by atomic mass is 9.70. The topological polar surface area (TPSA) is 54.4 Å². The number of aliphatic carboxylic acids is 1. The summed E-state index contributed by atoms with van der Waals surface area (Å²) in [6.07, 6.45) is 2.46. The molecule has 1 rings (SSSR count). The third-order valence-corrected chi connectivity index (χ3v) is 1.90. The zero-order chi connectivity index (χ0) is 6.91. The van der Waals surface area contributed by atoms with E-state index in [1.807, 2.05) is 0 Å². The molecule has 0 heterocycles. The van der Waals surface area contributed by atoms with Gasteiger partial charge in [-0.1, -0.05) is 6.42 Å². The Morgan fingerprint density at radius 1 is 1.56 bits per heavy atom. The molecule has 9 heavy (non-hydrogen) atoms. The third-order valence-electron chi connectivity index (χ3n) is 1.90. The second kappa shape index (κ2) is 1.83. The maximum atomic E-state index is 10.3. The molecular weight excluding hydrogens is 120 g/mol. The Hall–Kier alpha value is -0.860. The summed E-state index contributed by atoms with van der Waals surface area (Å²) in [4.78, 5) is 20.5. The largest absolute Gasteiger partial charge is 0.481 e. The highest BCUT2D eigenvalue weighted by atomic mass is 16.4. The first-order valence-electron chi connectivity index (χ1n) is 2.91. The van der Waals surface area contributed by atoms with Crippen LogP contribution < -0.4 is 0 Å². The summed E-state index contributed by atoms with van der Waals surface area (Å²) in [7, 11) is 0. The van der Waals surface area contributed by atoms with E-state index in [0.29, 0.717) is 19.1 Å². The Bertz CT molecular complexity index is 146. The smallest absolute Gasteiger partial charge is 0.316 e. The summed E-state index contributed by atoms with van der Waals surface area (Å²) >= 11 is 0. The fourth-order valence-corrected chi connectivity index (χ4v) is 0.940. The van der Waals surface area contributed by atoms with Gasteiger partial charge in [-0.25, -0.2) is 0 Å². The average molecular weight is 128 g/mol. The molecule has 3 nitrogen and oxygen atoms in total. The van der Waals surface area contributed by atoms with E-state index in [1.54, 1.807) is 0 Å². The highest BCUT2D eigenvalue weighted by Gasteiger charge is 2.44. The van der Waals surface area contributed by atoms with Crippen LogP contribution in [0.2, 0.25) is 0 Å². The molecule has 1 aliphatic rings. The Kier molecular flexibility index (Phi) is 1.27. The standard InChI is InChI=1S/C6H8O3/c7-4-6(5(8)9)2-1-3-6/h4H,1-3H2,(H,8,9). The molecule has 0 aromatic heterocycles. The molecule has 1 fully saturated rings. The fraction of sp³-hybridized carbons (Fsp3) is 0.667. The SMILES string of the molecule is O=CC1(C(=O)O)CCC1. The maximum absolute atomic E-state index is 10.3. The average Bonchev–Trinajstić information content (AvgIpc) is 1.62. The van der Waals surface area contributed by atoms with E-state index in [-0.39, 0.29) is 0 Å². The Balaban J connectivity index is 2.68. The van der Waals surface area contributed by atoms with Crippen molar-refractivity contribution in [3.05, 3.63) is 0 Å². The Morgan fingerprint density at radius 2 is 2.11 bits per heavy atom. The van der Waals surface area contributed by atoms with E-state index in [0.717, 1.165) is 6.42 Å². The van der Waals surface area contributed by atoms with Crippen LogP contribution in [0.25, 0.3) is 0 Å². The summed E-state index contributed by atoms with van der Waals surface area (Å²) in [5.74, 6) is -0.969. The molecule has 1 aliphatic carbocycles. The van der Waals surface area contributed by atoms with Crippen LogP contribution in [0.4, 0.5) is 0 Å². The molecular formula is C6H8O3. The van der Waals surface area contributed by atoms with E-state index in [1.165, 1.54) is 0 Å². The predicted molar refractivity (Wildman–Crippen MR) is 30.0 cm³/mol. The van der Waals surface area contributed by atoms with Crippen molar-refractivity contribution in [2.45, 2.75) is 19.3 Å². The number of carbonyl (C=O) groups is 2. The lowest BCUT2D eigenvalue weighted by Gasteiger charge is -2.31. The molecule has 1 N–H and O–H groups in total. The zero-order valence-corrected chi connectivity index (χ0v) is 4.96. The maximum Gasteiger partial charge on any atom is 0.316 e. The van der Waals surface area contributed by atoms with Gasteiger partial charge in [0.1, 0.15) is 11.7 Å². The normalized spacial score (nSPS) is 22.2. The molecule has 0 aliphatic heterocycles. The van der Waals surface area contributed by atoms with E-state index in [2.05, 4.69) is 0 Å². The Labute approximate surface area is 52.7 Å². The minimum atomic E-state index is -1.00. The van der Waals surface area contributed by atoms with E-state index >= 15 is 0 Å². The van der Waals surface area contributed by atoms with Crippen LogP contribution in [0.15, 0.2) is 0 Å². The summed E-state index contributed by atoms with van der Waals surface area (Å²) in [6.45, 7) is 0. The van der Waals surface area contributed by atoms with Crippen LogP contribution >= 0.6 is 0 Å². The highest BCUT2D eigenvalue weighted by molar-refractivity contribution is 5.92. The summed E-state index contributed by atoms with van der Waals surface area (Å²) < 4.78 is 0. The lowest BCUT2D eigenvalue weighted by molar-refractivity contribution is -0.156. The highest BCUT2D eigenvalue weighted by Crippen LogP contribution is 2.38. The monoisotopic (exact) mass is 128 g/mol. The molecule has 1 saturated carbocycles. The first kappa shape index (κ1) is 6.26. The van der Waals surface area contributed by atoms with Crippen LogP contribution in [0.3, 0.4) is 0 Å². The van der Waals surface area contributed by atoms with Crippen molar-refractivity contribution in [2.75, 3.05) is 0 Å². The first-order chi connectivity index (χ1) is 4.21. The molecule has 3 heteroatoms. The van der Waals surface area contributed by atoms with Crippen molar-refractivity contribution in [3.63, 3.8) is 0 Å². The summed E-state index contributed by atoms with van der Waals surface area (Å²) in [5.41, 5.74) is -1.00. The van der Waals surface area contributed by atoms with Crippen molar-refractivity contribution in [2.24, 2.45) is 5.41 Å². The number of carboxylic acids is 1. The third kappa shape index (κ3) is 0.724. The van der Waals surface area contributed by atoms with Crippen molar-refractivity contribution in [3.8, 4) is 0 Å². The van der Waals surface area contributed by atoms with Crippen molar-refractivity contribution < 1.29 is 14.7 Å². The van der Waals surface area contributed by atoms with E-state index in [4.69, 9.17) is 5.11 Å². The summed E-state index contributed by atoms with van der Waals surface area (Å²) in [6, 6.07) is 0. The fourth-order valence-electron chi connectivity index (χ4n) is 0.940. The van der Waals surface area contributed by atoms with Gasteiger partial charge in [-0.15, -0.1) is 0 Å². The van der Waals surface area contributed by atoms with Gasteiger partial charge in [0.2, 0.25) is 0 Å². The molecule has 0 amide bonds. The molecule has 0 unspecified atom stereocenters. The number of hydrogen-bond acceptors (Lipinski definition) is 2. The molecule has 0 spiro atoms. The van der Waals surface area contributed by atoms with Crippen LogP contribution in [0, 0.1) is 5.41 Å². The van der Waals surface area contributed by atoms with Gasteiger partial charge in [0, 0.05) is 0 Å². The number of carboxylic acid groups (broad SMARTS) is 1. The minimum absolute atomic E-state index is 0.520. The van der Waals surface area contributed by atoms with Crippen molar-refractivity contribution in [1.29, 1.82) is 0 Å². The van der Waals surface area contributed by atoms with Gasteiger partial charge in [-0.05, 0) is 12.8 Å². The van der Waals surface area contributed by atoms with Gasteiger partial charge >= 0.3 is 5.97 Å². The molecule has 0 aromatic rings. The number of carbonyl (C=O) groups excluding carboxylic acids is 1. The molecule has 0 atom stereocenters. The van der Waals surface area contributed by atoms with E-state index < -0.39 is 11.4 Å². The van der Waals surface area contributed by atoms with Crippen molar-refractivity contribution in [1.82, 2.24) is 0 Å². The number of aldehydes is 1. The molecule has 50 valence electrons. The van der Waals surface area contributed by atoms with Gasteiger partial charge in [-0.2, -0.15) is 0 Å². The van der Waals surface area contributed by atoms with Crippen molar-refractivity contribution >= 4 is 12.3 Å². The second-order valence-electron chi connectivity index (χ2n) is 2.43. The van der Waals surface area contributed by atoms with Gasteiger partial charge in [0.15, 0.2) is 0 Å². The van der Waals surface area contributed by atoms with E-state index in [9.17, 15) is 9.59 Å². The number of hydrogen-bond donors (Lipinski definition) is 1. The van der Waals surface area contributed by atoms with Crippen LogP contribution in [0.5, 0.6) is 0 Å². The lowest BCUT2D eigenvalue weighted by Crippen LogP contribution is -2.39. The van der Waals surface area contributed by atoms with Gasteiger partial charge < -0.3 is 9.90 Å². The second-order valence-corrected chi connectivity index (χ2v) is 2.43. The van der Waals surface area contributed by atoms with Crippen LogP contribution in [0.1, 0.15) is 19.3 Å². The first-order valence-corrected chi connectivity index (χ1v) is 2.91. The quantitative estimate of drug-likeness (QED) is 0.433. The summed E-state index contributed by atoms with van der Waals surface area (Å²) in [5, 5.41) is 8.45. The molecule has 0 radical (unpaired) electrons. The minimum Gasteiger partial charge on any atom is -0.481 e. The van der Waals surface area contributed by atoms with Crippen LogP contribution in [-0.2, 0) is 9.59 Å².